The summed E-state index contributed by atoms with van der Waals surface area (Å²) in [7, 11) is 0. The largest absolute Gasteiger partial charge is 0.416 e. The number of carbonyl (C=O) groups is 2. The van der Waals surface area contributed by atoms with Crippen molar-refractivity contribution in [2.24, 2.45) is 5.92 Å². The first-order chi connectivity index (χ1) is 10.8. The van der Waals surface area contributed by atoms with Crippen LogP contribution in [-0.4, -0.2) is 34.8 Å². The lowest BCUT2D eigenvalue weighted by Gasteiger charge is -2.16. The molecule has 0 aliphatic carbocycles. The summed E-state index contributed by atoms with van der Waals surface area (Å²) in [6, 6.07) is 5.03. The highest BCUT2D eigenvalue weighted by molar-refractivity contribution is 8.13. The van der Waals surface area contributed by atoms with E-state index in [0.717, 1.165) is 17.7 Å². The number of halogens is 3. The van der Waals surface area contributed by atoms with Crippen LogP contribution in [0.1, 0.15) is 24.5 Å². The summed E-state index contributed by atoms with van der Waals surface area (Å²) in [4.78, 5) is 24.6. The van der Waals surface area contributed by atoms with Crippen LogP contribution in [0.15, 0.2) is 24.3 Å². The predicted molar refractivity (Wildman–Crippen MR) is 83.0 cm³/mol. The van der Waals surface area contributed by atoms with E-state index in [9.17, 15) is 22.8 Å². The molecule has 0 radical (unpaired) electrons. The molecular formula is C16H18F3NO2S. The molecule has 3 nitrogen and oxygen atoms in total. The van der Waals surface area contributed by atoms with Gasteiger partial charge in [-0.15, -0.1) is 0 Å². The average Bonchev–Trinajstić information content (AvgIpc) is 2.83. The summed E-state index contributed by atoms with van der Waals surface area (Å²) in [5.41, 5.74) is 0.104. The van der Waals surface area contributed by atoms with Gasteiger partial charge in [0.2, 0.25) is 5.91 Å². The molecule has 1 atom stereocenters. The molecule has 7 heteroatoms. The summed E-state index contributed by atoms with van der Waals surface area (Å²) in [5, 5.41) is 0.0423. The third kappa shape index (κ3) is 5.27. The number of thioether (sulfide) groups is 1. The van der Waals surface area contributed by atoms with Gasteiger partial charge >= 0.3 is 6.18 Å². The zero-order valence-corrected chi connectivity index (χ0v) is 13.5. The third-order valence-corrected chi connectivity index (χ3v) is 4.81. The number of hydrogen-bond acceptors (Lipinski definition) is 3. The number of nitrogens with zero attached hydrogens (tertiary/aromatic N) is 1. The second-order valence-corrected chi connectivity index (χ2v) is 6.85. The number of benzene rings is 1. The Morgan fingerprint density at radius 1 is 1.30 bits per heavy atom. The Morgan fingerprint density at radius 3 is 2.52 bits per heavy atom. The van der Waals surface area contributed by atoms with E-state index in [1.807, 2.05) is 0 Å². The first-order valence-corrected chi connectivity index (χ1v) is 8.31. The van der Waals surface area contributed by atoms with Crippen molar-refractivity contribution >= 4 is 22.8 Å². The standard InChI is InChI=1S/C16H18F3NO2S/c1-11(21)23-10-13-8-15(22)20(9-13)7-6-12-2-4-14(5-3-12)16(17,18)19/h2-5,13H,6-10H2,1H3. The van der Waals surface area contributed by atoms with Crippen LogP contribution in [0.3, 0.4) is 0 Å². The highest BCUT2D eigenvalue weighted by Crippen LogP contribution is 2.29. The van der Waals surface area contributed by atoms with Crippen molar-refractivity contribution in [1.82, 2.24) is 4.90 Å². The van der Waals surface area contributed by atoms with Crippen LogP contribution in [0.5, 0.6) is 0 Å². The molecule has 1 unspecified atom stereocenters. The van der Waals surface area contributed by atoms with Crippen LogP contribution in [-0.2, 0) is 22.2 Å². The minimum atomic E-state index is -4.33. The first-order valence-electron chi connectivity index (χ1n) is 7.33. The Morgan fingerprint density at radius 2 is 1.96 bits per heavy atom. The minimum absolute atomic E-state index is 0.0423. The quantitative estimate of drug-likeness (QED) is 0.821. The summed E-state index contributed by atoms with van der Waals surface area (Å²) in [6.45, 7) is 2.61. The van der Waals surface area contributed by atoms with Gasteiger partial charge in [-0.25, -0.2) is 0 Å². The van der Waals surface area contributed by atoms with Crippen LogP contribution < -0.4 is 0 Å². The average molecular weight is 345 g/mol. The summed E-state index contributed by atoms with van der Waals surface area (Å²) >= 11 is 1.23. The monoisotopic (exact) mass is 345 g/mol. The molecule has 1 aromatic rings. The highest BCUT2D eigenvalue weighted by atomic mass is 32.2. The molecule has 0 aromatic heterocycles. The Kier molecular flexibility index (Phi) is 5.73. The summed E-state index contributed by atoms with van der Waals surface area (Å²) < 4.78 is 37.5. The molecule has 1 heterocycles. The van der Waals surface area contributed by atoms with Gasteiger partial charge in [-0.2, -0.15) is 13.2 Å². The molecular weight excluding hydrogens is 327 g/mol. The van der Waals surface area contributed by atoms with E-state index in [1.54, 1.807) is 4.90 Å². The topological polar surface area (TPSA) is 37.4 Å². The second kappa shape index (κ2) is 7.38. The maximum Gasteiger partial charge on any atom is 0.416 e. The SMILES string of the molecule is CC(=O)SCC1CC(=O)N(CCc2ccc(C(F)(F)F)cc2)C1. The zero-order chi connectivity index (χ0) is 17.0. The molecule has 1 fully saturated rings. The fourth-order valence-electron chi connectivity index (χ4n) is 2.54. The maximum absolute atomic E-state index is 12.5. The fourth-order valence-corrected chi connectivity index (χ4v) is 3.24. The van der Waals surface area contributed by atoms with Gasteiger partial charge in [0.1, 0.15) is 0 Å². The van der Waals surface area contributed by atoms with Gasteiger partial charge in [-0.3, -0.25) is 9.59 Å². The van der Waals surface area contributed by atoms with Gasteiger partial charge in [0, 0.05) is 32.2 Å². The zero-order valence-electron chi connectivity index (χ0n) is 12.7. The predicted octanol–water partition coefficient (Wildman–Crippen LogP) is 3.38. The van der Waals surface area contributed by atoms with Crippen LogP contribution in [0.25, 0.3) is 0 Å². The van der Waals surface area contributed by atoms with Crippen molar-refractivity contribution in [3.05, 3.63) is 35.4 Å². The lowest BCUT2D eigenvalue weighted by atomic mass is 10.1. The molecule has 1 amide bonds. The van der Waals surface area contributed by atoms with Crippen molar-refractivity contribution in [1.29, 1.82) is 0 Å². The molecule has 1 aliphatic rings. The summed E-state index contributed by atoms with van der Waals surface area (Å²) in [5.74, 6) is 0.854. The van der Waals surface area contributed by atoms with Crippen LogP contribution in [0.2, 0.25) is 0 Å². The van der Waals surface area contributed by atoms with Gasteiger partial charge in [-0.05, 0) is 30.0 Å². The van der Waals surface area contributed by atoms with Crippen molar-refractivity contribution in [2.45, 2.75) is 25.9 Å². The van der Waals surface area contributed by atoms with E-state index < -0.39 is 11.7 Å². The van der Waals surface area contributed by atoms with Gasteiger partial charge < -0.3 is 4.90 Å². The third-order valence-electron chi connectivity index (χ3n) is 3.77. The van der Waals surface area contributed by atoms with Gasteiger partial charge in [0.15, 0.2) is 5.12 Å². The van der Waals surface area contributed by atoms with Gasteiger partial charge in [0.25, 0.3) is 0 Å². The van der Waals surface area contributed by atoms with E-state index in [0.29, 0.717) is 31.7 Å². The number of rotatable bonds is 5. The molecule has 0 saturated carbocycles. The fraction of sp³-hybridized carbons (Fsp3) is 0.500. The van der Waals surface area contributed by atoms with E-state index in [4.69, 9.17) is 0 Å². The number of carbonyl (C=O) groups excluding carboxylic acids is 2. The molecule has 0 spiro atoms. The van der Waals surface area contributed by atoms with Crippen molar-refractivity contribution in [3.8, 4) is 0 Å². The van der Waals surface area contributed by atoms with Crippen molar-refractivity contribution in [3.63, 3.8) is 0 Å². The molecule has 0 bridgehead atoms. The molecule has 1 aromatic carbocycles. The summed E-state index contributed by atoms with van der Waals surface area (Å²) in [6.07, 6.45) is -3.37. The van der Waals surface area contributed by atoms with E-state index in [1.165, 1.54) is 30.8 Å². The maximum atomic E-state index is 12.5. The first kappa shape index (κ1) is 17.8. The second-order valence-electron chi connectivity index (χ2n) is 5.66. The van der Waals surface area contributed by atoms with Crippen LogP contribution >= 0.6 is 11.8 Å². The van der Waals surface area contributed by atoms with Gasteiger partial charge in [-0.1, -0.05) is 23.9 Å². The Bertz CT molecular complexity index is 572. The lowest BCUT2D eigenvalue weighted by molar-refractivity contribution is -0.137. The molecule has 126 valence electrons. The number of amides is 1. The van der Waals surface area contributed by atoms with E-state index in [2.05, 4.69) is 0 Å². The number of alkyl halides is 3. The lowest BCUT2D eigenvalue weighted by Crippen LogP contribution is -2.27. The Balaban J connectivity index is 1.84. The molecule has 23 heavy (non-hydrogen) atoms. The number of hydrogen-bond donors (Lipinski definition) is 0. The van der Waals surface area contributed by atoms with Crippen LogP contribution in [0, 0.1) is 5.92 Å². The van der Waals surface area contributed by atoms with E-state index in [-0.39, 0.29) is 16.9 Å². The molecule has 1 aliphatic heterocycles. The normalized spacial score (nSPS) is 18.5. The van der Waals surface area contributed by atoms with Gasteiger partial charge in [0.05, 0.1) is 5.56 Å². The smallest absolute Gasteiger partial charge is 0.342 e. The Labute approximate surface area is 137 Å². The Hall–Kier alpha value is -1.50. The van der Waals surface area contributed by atoms with Crippen LogP contribution in [0.4, 0.5) is 13.2 Å². The highest BCUT2D eigenvalue weighted by Gasteiger charge is 2.31. The molecule has 0 N–H and O–H groups in total. The molecule has 2 rings (SSSR count). The number of likely N-dealkylation sites (tertiary alicyclic amines) is 1. The van der Waals surface area contributed by atoms with Crippen molar-refractivity contribution in [2.75, 3.05) is 18.8 Å². The molecule has 1 saturated heterocycles. The van der Waals surface area contributed by atoms with Crippen molar-refractivity contribution < 1.29 is 22.8 Å². The minimum Gasteiger partial charge on any atom is -0.342 e. The van der Waals surface area contributed by atoms with E-state index >= 15 is 0 Å².